The Morgan fingerprint density at radius 3 is 2.56 bits per heavy atom. The van der Waals surface area contributed by atoms with Crippen LogP contribution in [0, 0.1) is 13.8 Å². The van der Waals surface area contributed by atoms with Crippen LogP contribution in [0.3, 0.4) is 0 Å². The Kier molecular flexibility index (Phi) is 5.95. The van der Waals surface area contributed by atoms with Crippen LogP contribution >= 0.6 is 12.4 Å². The van der Waals surface area contributed by atoms with Gasteiger partial charge in [-0.25, -0.2) is 0 Å². The van der Waals surface area contributed by atoms with Crippen molar-refractivity contribution in [1.29, 1.82) is 0 Å². The fraction of sp³-hybridized carbons (Fsp3) is 0.235. The topological polar surface area (TPSA) is 112 Å². The van der Waals surface area contributed by atoms with Crippen molar-refractivity contribution in [2.24, 2.45) is 5.73 Å². The van der Waals surface area contributed by atoms with Crippen molar-refractivity contribution in [2.45, 2.75) is 26.4 Å². The monoisotopic (exact) mass is 360 g/mol. The summed E-state index contributed by atoms with van der Waals surface area (Å²) in [6, 6.07) is 11.0. The van der Waals surface area contributed by atoms with Crippen molar-refractivity contribution in [3.8, 4) is 11.3 Å². The number of amides is 1. The van der Waals surface area contributed by atoms with E-state index in [0.29, 0.717) is 6.54 Å². The number of H-pyrrole nitrogens is 2. The summed E-state index contributed by atoms with van der Waals surface area (Å²) in [6.07, 6.45) is 0. The smallest absolute Gasteiger partial charge is 0.241 e. The molecule has 0 saturated heterocycles. The zero-order valence-electron chi connectivity index (χ0n) is 14.0. The Morgan fingerprint density at radius 2 is 1.92 bits per heavy atom. The molecule has 0 spiro atoms. The number of aromatic amines is 2. The molecular formula is C17H21ClN6O. The number of halogens is 1. The molecule has 0 aliphatic rings. The number of nitrogens with zero attached hydrogens (tertiary/aromatic N) is 2. The predicted molar refractivity (Wildman–Crippen MR) is 98.1 cm³/mol. The van der Waals surface area contributed by atoms with Crippen LogP contribution in [0.5, 0.6) is 0 Å². The van der Waals surface area contributed by atoms with Gasteiger partial charge in [-0.05, 0) is 19.9 Å². The summed E-state index contributed by atoms with van der Waals surface area (Å²) in [7, 11) is 0. The lowest BCUT2D eigenvalue weighted by Crippen LogP contribution is -2.34. The van der Waals surface area contributed by atoms with Gasteiger partial charge in [-0.3, -0.25) is 15.0 Å². The molecular weight excluding hydrogens is 340 g/mol. The number of nitrogens with one attached hydrogen (secondary N) is 3. The Bertz CT molecular complexity index is 822. The minimum atomic E-state index is -0.750. The van der Waals surface area contributed by atoms with E-state index in [-0.39, 0.29) is 18.3 Å². The molecule has 0 bridgehead atoms. The predicted octanol–water partition coefficient (Wildman–Crippen LogP) is 2.15. The van der Waals surface area contributed by atoms with Crippen molar-refractivity contribution < 1.29 is 4.79 Å². The Hall–Kier alpha value is -2.64. The van der Waals surface area contributed by atoms with Gasteiger partial charge in [0.05, 0.1) is 23.6 Å². The Balaban J connectivity index is 0.00000225. The minimum absolute atomic E-state index is 0. The van der Waals surface area contributed by atoms with Gasteiger partial charge in [-0.15, -0.1) is 12.4 Å². The van der Waals surface area contributed by atoms with Gasteiger partial charge in [-0.2, -0.15) is 10.2 Å². The zero-order chi connectivity index (χ0) is 17.1. The summed E-state index contributed by atoms with van der Waals surface area (Å²) in [5.41, 5.74) is 11.0. The average molecular weight is 361 g/mol. The van der Waals surface area contributed by atoms with Gasteiger partial charge >= 0.3 is 0 Å². The van der Waals surface area contributed by atoms with Crippen LogP contribution < -0.4 is 11.1 Å². The molecule has 1 amide bonds. The summed E-state index contributed by atoms with van der Waals surface area (Å²) in [4.78, 5) is 12.3. The van der Waals surface area contributed by atoms with Crippen molar-refractivity contribution in [2.75, 3.05) is 0 Å². The van der Waals surface area contributed by atoms with Gasteiger partial charge in [0.1, 0.15) is 6.04 Å². The van der Waals surface area contributed by atoms with Crippen LogP contribution in [0.1, 0.15) is 28.7 Å². The molecule has 0 fully saturated rings. The highest BCUT2D eigenvalue weighted by Crippen LogP contribution is 2.19. The first-order chi connectivity index (χ1) is 11.6. The van der Waals surface area contributed by atoms with Gasteiger partial charge in [0.25, 0.3) is 0 Å². The number of benzene rings is 1. The zero-order valence-corrected chi connectivity index (χ0v) is 14.9. The molecule has 25 heavy (non-hydrogen) atoms. The second kappa shape index (κ2) is 7.96. The largest absolute Gasteiger partial charge is 0.349 e. The van der Waals surface area contributed by atoms with E-state index in [1.807, 2.05) is 50.2 Å². The van der Waals surface area contributed by atoms with Crippen LogP contribution in [0.15, 0.2) is 36.4 Å². The fourth-order valence-electron chi connectivity index (χ4n) is 2.65. The number of aromatic nitrogens is 4. The van der Waals surface area contributed by atoms with E-state index in [2.05, 4.69) is 25.7 Å². The number of aryl methyl sites for hydroxylation is 2. The number of carbonyl (C=O) groups excluding carboxylic acids is 1. The van der Waals surface area contributed by atoms with Crippen LogP contribution in [-0.2, 0) is 11.3 Å². The molecule has 0 aliphatic heterocycles. The summed E-state index contributed by atoms with van der Waals surface area (Å²) in [5.74, 6) is -0.251. The Labute approximate surface area is 151 Å². The first-order valence-electron chi connectivity index (χ1n) is 7.70. The molecule has 3 rings (SSSR count). The number of carbonyl (C=O) groups is 1. The van der Waals surface area contributed by atoms with Gasteiger partial charge < -0.3 is 11.1 Å². The summed E-state index contributed by atoms with van der Waals surface area (Å²) in [5, 5.41) is 16.9. The van der Waals surface area contributed by atoms with E-state index in [0.717, 1.165) is 33.9 Å². The highest BCUT2D eigenvalue weighted by molar-refractivity contribution is 5.85. The molecule has 0 saturated carbocycles. The number of hydrogen-bond acceptors (Lipinski definition) is 4. The van der Waals surface area contributed by atoms with Crippen LogP contribution in [0.2, 0.25) is 0 Å². The van der Waals surface area contributed by atoms with Gasteiger partial charge in [0.15, 0.2) is 0 Å². The highest BCUT2D eigenvalue weighted by atomic mass is 35.5. The lowest BCUT2D eigenvalue weighted by molar-refractivity contribution is -0.122. The fourth-order valence-corrected chi connectivity index (χ4v) is 2.65. The van der Waals surface area contributed by atoms with Crippen LogP contribution in [0.25, 0.3) is 11.3 Å². The quantitative estimate of drug-likeness (QED) is 0.558. The Morgan fingerprint density at radius 1 is 1.20 bits per heavy atom. The molecule has 0 aliphatic carbocycles. The van der Waals surface area contributed by atoms with Crippen molar-refractivity contribution in [3.63, 3.8) is 0 Å². The second-order valence-corrected chi connectivity index (χ2v) is 5.69. The molecule has 1 aromatic carbocycles. The van der Waals surface area contributed by atoms with Crippen LogP contribution in [0.4, 0.5) is 0 Å². The number of nitrogens with two attached hydrogens (primary N) is 1. The lowest BCUT2D eigenvalue weighted by atomic mass is 10.1. The normalized spacial score (nSPS) is 11.6. The maximum atomic E-state index is 12.3. The molecule has 5 N–H and O–H groups in total. The first-order valence-corrected chi connectivity index (χ1v) is 7.70. The molecule has 1 atom stereocenters. The second-order valence-electron chi connectivity index (χ2n) is 5.69. The van der Waals surface area contributed by atoms with E-state index in [1.54, 1.807) is 0 Å². The van der Waals surface area contributed by atoms with E-state index >= 15 is 0 Å². The van der Waals surface area contributed by atoms with E-state index in [9.17, 15) is 4.79 Å². The minimum Gasteiger partial charge on any atom is -0.349 e. The molecule has 132 valence electrons. The van der Waals surface area contributed by atoms with Gasteiger partial charge in [-0.1, -0.05) is 30.3 Å². The standard InChI is InChI=1S/C17H20N6O.ClH/c1-10-15(11(2)21-20-10)16(18)17(24)19-9-13-8-14(23-22-13)12-6-4-3-5-7-12;/h3-8,16H,9,18H2,1-2H3,(H,19,24)(H,20,21)(H,22,23);1H. The van der Waals surface area contributed by atoms with Gasteiger partial charge in [0.2, 0.25) is 5.91 Å². The highest BCUT2D eigenvalue weighted by Gasteiger charge is 2.21. The summed E-state index contributed by atoms with van der Waals surface area (Å²) in [6.45, 7) is 4.01. The third kappa shape index (κ3) is 4.07. The van der Waals surface area contributed by atoms with Crippen molar-refractivity contribution in [3.05, 3.63) is 59.0 Å². The third-order valence-electron chi connectivity index (χ3n) is 3.93. The SMILES string of the molecule is Cc1n[nH]c(C)c1C(N)C(=O)NCc1cc(-c2ccccc2)n[nH]1.Cl. The maximum Gasteiger partial charge on any atom is 0.241 e. The molecule has 0 radical (unpaired) electrons. The molecule has 3 aromatic rings. The van der Waals surface area contributed by atoms with E-state index in [4.69, 9.17) is 5.73 Å². The van der Waals surface area contributed by atoms with Crippen molar-refractivity contribution >= 4 is 18.3 Å². The van der Waals surface area contributed by atoms with E-state index in [1.165, 1.54) is 0 Å². The van der Waals surface area contributed by atoms with Crippen LogP contribution in [-0.4, -0.2) is 26.3 Å². The number of rotatable bonds is 5. The molecule has 7 nitrogen and oxygen atoms in total. The number of hydrogen-bond donors (Lipinski definition) is 4. The average Bonchev–Trinajstić information content (AvgIpc) is 3.20. The molecule has 8 heteroatoms. The van der Waals surface area contributed by atoms with E-state index < -0.39 is 6.04 Å². The first kappa shape index (κ1) is 18.7. The summed E-state index contributed by atoms with van der Waals surface area (Å²) < 4.78 is 0. The third-order valence-corrected chi connectivity index (χ3v) is 3.93. The molecule has 2 heterocycles. The van der Waals surface area contributed by atoms with Gasteiger partial charge in [0, 0.05) is 16.8 Å². The summed E-state index contributed by atoms with van der Waals surface area (Å²) >= 11 is 0. The molecule has 2 aromatic heterocycles. The van der Waals surface area contributed by atoms with Crippen molar-refractivity contribution in [1.82, 2.24) is 25.7 Å². The molecule has 1 unspecified atom stereocenters. The lowest BCUT2D eigenvalue weighted by Gasteiger charge is -2.12. The maximum absolute atomic E-state index is 12.3.